The molecule has 0 radical (unpaired) electrons. The molecular weight excluding hydrogens is 346 g/mol. The fraction of sp³-hybridized carbons (Fsp3) is 0.429. The molecule has 0 bridgehead atoms. The number of piperidine rings is 1. The molecule has 108 valence electrons. The van der Waals surface area contributed by atoms with Crippen LogP contribution in [0.25, 0.3) is 0 Å². The molecule has 1 aromatic carbocycles. The van der Waals surface area contributed by atoms with Gasteiger partial charge in [-0.25, -0.2) is 4.79 Å². The first-order chi connectivity index (χ1) is 9.36. The van der Waals surface area contributed by atoms with Crippen molar-refractivity contribution in [2.75, 3.05) is 6.54 Å². The zero-order valence-corrected chi connectivity index (χ0v) is 13.4. The Labute approximate surface area is 130 Å². The number of nitrogens with zero attached hydrogens (tertiary/aromatic N) is 1. The quantitative estimate of drug-likeness (QED) is 0.877. The van der Waals surface area contributed by atoms with E-state index < -0.39 is 11.5 Å². The lowest BCUT2D eigenvalue weighted by Crippen LogP contribution is -2.57. The number of carbonyl (C=O) groups is 2. The highest BCUT2D eigenvalue weighted by atomic mass is 79.9. The minimum absolute atomic E-state index is 0.329. The van der Waals surface area contributed by atoms with E-state index in [1.807, 2.05) is 0 Å². The normalized spacial score (nSPS) is 22.6. The highest BCUT2D eigenvalue weighted by molar-refractivity contribution is 9.10. The first-order valence-corrected chi connectivity index (χ1v) is 7.54. The monoisotopic (exact) mass is 359 g/mol. The van der Waals surface area contributed by atoms with Crippen molar-refractivity contribution in [3.8, 4) is 0 Å². The van der Waals surface area contributed by atoms with Crippen LogP contribution in [-0.2, 0) is 4.79 Å². The molecule has 20 heavy (non-hydrogen) atoms. The number of hydrogen-bond acceptors (Lipinski definition) is 2. The number of aliphatic carboxylic acids is 1. The Hall–Kier alpha value is -1.07. The van der Waals surface area contributed by atoms with Crippen LogP contribution in [0.2, 0.25) is 5.02 Å². The highest BCUT2D eigenvalue weighted by Crippen LogP contribution is 2.32. The molecular formula is C14H15BrClNO3. The molecule has 0 saturated carbocycles. The summed E-state index contributed by atoms with van der Waals surface area (Å²) in [4.78, 5) is 25.6. The van der Waals surface area contributed by atoms with Gasteiger partial charge in [0.15, 0.2) is 0 Å². The van der Waals surface area contributed by atoms with Gasteiger partial charge in [0.1, 0.15) is 5.54 Å². The maximum absolute atomic E-state index is 12.7. The summed E-state index contributed by atoms with van der Waals surface area (Å²) >= 11 is 9.37. The van der Waals surface area contributed by atoms with Gasteiger partial charge in [-0.15, -0.1) is 0 Å². The van der Waals surface area contributed by atoms with Crippen molar-refractivity contribution in [1.82, 2.24) is 4.90 Å². The molecule has 1 saturated heterocycles. The van der Waals surface area contributed by atoms with Crippen LogP contribution in [0, 0.1) is 0 Å². The van der Waals surface area contributed by atoms with E-state index in [1.54, 1.807) is 25.1 Å². The molecule has 6 heteroatoms. The largest absolute Gasteiger partial charge is 0.480 e. The summed E-state index contributed by atoms with van der Waals surface area (Å²) in [7, 11) is 0. The zero-order chi connectivity index (χ0) is 14.9. The Morgan fingerprint density at radius 2 is 2.10 bits per heavy atom. The number of hydrogen-bond donors (Lipinski definition) is 1. The lowest BCUT2D eigenvalue weighted by Gasteiger charge is -2.41. The van der Waals surface area contributed by atoms with E-state index in [1.165, 1.54) is 4.90 Å². The Balaban J connectivity index is 2.40. The summed E-state index contributed by atoms with van der Waals surface area (Å²) in [5.41, 5.74) is -0.837. The van der Waals surface area contributed by atoms with Crippen molar-refractivity contribution in [3.05, 3.63) is 33.3 Å². The van der Waals surface area contributed by atoms with Crippen LogP contribution in [0.5, 0.6) is 0 Å². The predicted molar refractivity (Wildman–Crippen MR) is 80.1 cm³/mol. The number of amides is 1. The molecule has 1 heterocycles. The number of rotatable bonds is 2. The average Bonchev–Trinajstić information content (AvgIpc) is 2.41. The number of halogens is 2. The third kappa shape index (κ3) is 2.69. The number of likely N-dealkylation sites (tertiary alicyclic amines) is 1. The maximum Gasteiger partial charge on any atom is 0.329 e. The molecule has 1 fully saturated rings. The maximum atomic E-state index is 12.7. The second kappa shape index (κ2) is 5.74. The average molecular weight is 361 g/mol. The summed E-state index contributed by atoms with van der Waals surface area (Å²) < 4.78 is 0.735. The van der Waals surface area contributed by atoms with Crippen molar-refractivity contribution in [3.63, 3.8) is 0 Å². The standard InChI is InChI=1S/C14H15BrClNO3/c1-14(13(19)20)6-2-3-7-17(14)12(18)10-8-9(15)4-5-11(10)16/h4-5,8H,2-3,6-7H2,1H3,(H,19,20). The van der Waals surface area contributed by atoms with Crippen LogP contribution >= 0.6 is 27.5 Å². The number of benzene rings is 1. The number of carbonyl (C=O) groups excluding carboxylic acids is 1. The first kappa shape index (κ1) is 15.3. The minimum atomic E-state index is -1.17. The molecule has 1 aliphatic heterocycles. The van der Waals surface area contributed by atoms with Crippen LogP contribution in [0.15, 0.2) is 22.7 Å². The van der Waals surface area contributed by atoms with Crippen LogP contribution < -0.4 is 0 Å². The van der Waals surface area contributed by atoms with Crippen molar-refractivity contribution in [2.24, 2.45) is 0 Å². The topological polar surface area (TPSA) is 57.6 Å². The molecule has 1 N–H and O–H groups in total. The second-order valence-electron chi connectivity index (χ2n) is 5.12. The van der Waals surface area contributed by atoms with Gasteiger partial charge in [0, 0.05) is 11.0 Å². The lowest BCUT2D eigenvalue weighted by molar-refractivity contribution is -0.150. The van der Waals surface area contributed by atoms with E-state index in [2.05, 4.69) is 15.9 Å². The van der Waals surface area contributed by atoms with Gasteiger partial charge in [-0.2, -0.15) is 0 Å². The second-order valence-corrected chi connectivity index (χ2v) is 6.44. The van der Waals surface area contributed by atoms with Crippen LogP contribution in [0.3, 0.4) is 0 Å². The van der Waals surface area contributed by atoms with E-state index >= 15 is 0 Å². The van der Waals surface area contributed by atoms with Crippen molar-refractivity contribution < 1.29 is 14.7 Å². The third-order valence-electron chi connectivity index (χ3n) is 3.76. The summed E-state index contributed by atoms with van der Waals surface area (Å²) in [5, 5.41) is 9.78. The van der Waals surface area contributed by atoms with E-state index in [-0.39, 0.29) is 5.91 Å². The van der Waals surface area contributed by atoms with E-state index in [0.717, 1.165) is 17.3 Å². The summed E-state index contributed by atoms with van der Waals surface area (Å²) in [5.74, 6) is -1.31. The minimum Gasteiger partial charge on any atom is -0.480 e. The van der Waals surface area contributed by atoms with Crippen molar-refractivity contribution in [2.45, 2.75) is 31.7 Å². The van der Waals surface area contributed by atoms with Gasteiger partial charge in [-0.3, -0.25) is 4.79 Å². The summed E-state index contributed by atoms with van der Waals surface area (Å²) in [6, 6.07) is 4.99. The number of carboxylic acid groups (broad SMARTS) is 1. The Morgan fingerprint density at radius 3 is 2.75 bits per heavy atom. The molecule has 1 aromatic rings. The predicted octanol–water partition coefficient (Wildman–Crippen LogP) is 3.57. The van der Waals surface area contributed by atoms with Crippen LogP contribution in [0.4, 0.5) is 0 Å². The fourth-order valence-electron chi connectivity index (χ4n) is 2.48. The summed E-state index contributed by atoms with van der Waals surface area (Å²) in [6.07, 6.45) is 2.07. The smallest absolute Gasteiger partial charge is 0.329 e. The molecule has 1 unspecified atom stereocenters. The Bertz CT molecular complexity index is 563. The van der Waals surface area contributed by atoms with Gasteiger partial charge < -0.3 is 10.0 Å². The van der Waals surface area contributed by atoms with Crippen molar-refractivity contribution in [1.29, 1.82) is 0 Å². The number of carboxylic acids is 1. The molecule has 1 atom stereocenters. The van der Waals surface area contributed by atoms with E-state index in [9.17, 15) is 14.7 Å². The summed E-state index contributed by atoms with van der Waals surface area (Å²) in [6.45, 7) is 2.03. The van der Waals surface area contributed by atoms with Crippen molar-refractivity contribution >= 4 is 39.4 Å². The van der Waals surface area contributed by atoms with Gasteiger partial charge in [0.2, 0.25) is 0 Å². The third-order valence-corrected chi connectivity index (χ3v) is 4.58. The molecule has 0 aliphatic carbocycles. The zero-order valence-electron chi connectivity index (χ0n) is 11.0. The molecule has 2 rings (SSSR count). The lowest BCUT2D eigenvalue weighted by atomic mass is 9.88. The molecule has 0 aromatic heterocycles. The van der Waals surface area contributed by atoms with Gasteiger partial charge in [-0.05, 0) is 44.4 Å². The molecule has 4 nitrogen and oxygen atoms in total. The Kier molecular flexibility index (Phi) is 4.39. The van der Waals surface area contributed by atoms with Gasteiger partial charge in [0.25, 0.3) is 5.91 Å². The van der Waals surface area contributed by atoms with Gasteiger partial charge in [-0.1, -0.05) is 27.5 Å². The Morgan fingerprint density at radius 1 is 1.40 bits per heavy atom. The molecule has 1 aliphatic rings. The van der Waals surface area contributed by atoms with Crippen LogP contribution in [-0.4, -0.2) is 34.0 Å². The van der Waals surface area contributed by atoms with E-state index in [0.29, 0.717) is 23.6 Å². The molecule has 0 spiro atoms. The van der Waals surface area contributed by atoms with Gasteiger partial charge >= 0.3 is 5.97 Å². The van der Waals surface area contributed by atoms with Gasteiger partial charge in [0.05, 0.1) is 10.6 Å². The molecule has 1 amide bonds. The fourth-order valence-corrected chi connectivity index (χ4v) is 3.04. The van der Waals surface area contributed by atoms with E-state index in [4.69, 9.17) is 11.6 Å². The highest BCUT2D eigenvalue weighted by Gasteiger charge is 2.44. The SMILES string of the molecule is CC1(C(=O)O)CCCCN1C(=O)c1cc(Br)ccc1Cl. The first-order valence-electron chi connectivity index (χ1n) is 6.36. The van der Waals surface area contributed by atoms with Crippen LogP contribution in [0.1, 0.15) is 36.5 Å².